The van der Waals surface area contributed by atoms with E-state index in [1.165, 1.54) is 0 Å². The Hall–Kier alpha value is -0.870. The first kappa shape index (κ1) is 14.5. The first-order valence-electron chi connectivity index (χ1n) is 7.16. The highest BCUT2D eigenvalue weighted by Crippen LogP contribution is 2.27. The van der Waals surface area contributed by atoms with E-state index in [1.807, 2.05) is 0 Å². The Morgan fingerprint density at radius 2 is 2.21 bits per heavy atom. The lowest BCUT2D eigenvalue weighted by atomic mass is 9.93. The van der Waals surface area contributed by atoms with Crippen LogP contribution in [0.2, 0.25) is 0 Å². The van der Waals surface area contributed by atoms with E-state index in [0.717, 1.165) is 37.6 Å². The van der Waals surface area contributed by atoms with Crippen LogP contribution in [-0.4, -0.2) is 35.2 Å². The van der Waals surface area contributed by atoms with Crippen molar-refractivity contribution in [3.63, 3.8) is 0 Å². The van der Waals surface area contributed by atoms with Crippen molar-refractivity contribution in [2.45, 2.75) is 64.6 Å². The van der Waals surface area contributed by atoms with Crippen molar-refractivity contribution in [1.82, 2.24) is 9.88 Å². The van der Waals surface area contributed by atoms with Gasteiger partial charge in [0.05, 0.1) is 11.3 Å². The Balaban J connectivity index is 1.94. The zero-order chi connectivity index (χ0) is 14.0. The van der Waals surface area contributed by atoms with Gasteiger partial charge in [-0.05, 0) is 33.7 Å². The zero-order valence-corrected chi connectivity index (χ0v) is 12.8. The Bertz CT molecular complexity index is 412. The lowest BCUT2D eigenvalue weighted by Crippen LogP contribution is -2.44. The lowest BCUT2D eigenvalue weighted by molar-refractivity contribution is -0.0810. The molecule has 0 unspecified atom stereocenters. The maximum atomic E-state index is 5.77. The number of ether oxygens (including phenoxy) is 1. The van der Waals surface area contributed by atoms with Gasteiger partial charge in [-0.2, -0.15) is 0 Å². The second-order valence-electron chi connectivity index (χ2n) is 6.50. The van der Waals surface area contributed by atoms with E-state index in [2.05, 4.69) is 44.6 Å². The van der Waals surface area contributed by atoms with Crippen molar-refractivity contribution in [3.05, 3.63) is 17.8 Å². The molecular formula is C15H26N2O2. The van der Waals surface area contributed by atoms with Crippen molar-refractivity contribution in [3.8, 4) is 0 Å². The first-order valence-corrected chi connectivity index (χ1v) is 7.16. The number of oxazole rings is 1. The van der Waals surface area contributed by atoms with E-state index < -0.39 is 0 Å². The monoisotopic (exact) mass is 266 g/mol. The zero-order valence-electron chi connectivity index (χ0n) is 12.8. The molecule has 2 heterocycles. The lowest BCUT2D eigenvalue weighted by Gasteiger charge is -2.39. The van der Waals surface area contributed by atoms with Crippen LogP contribution in [0.4, 0.5) is 0 Å². The minimum atomic E-state index is -0.00983. The van der Waals surface area contributed by atoms with E-state index in [1.54, 1.807) is 6.26 Å². The molecule has 108 valence electrons. The van der Waals surface area contributed by atoms with Gasteiger partial charge in [0, 0.05) is 25.1 Å². The van der Waals surface area contributed by atoms with Gasteiger partial charge in [0.25, 0.3) is 0 Å². The predicted octanol–water partition coefficient (Wildman–Crippen LogP) is 3.19. The van der Waals surface area contributed by atoms with Gasteiger partial charge in [-0.1, -0.05) is 13.8 Å². The Labute approximate surface area is 116 Å². The molecule has 1 aliphatic heterocycles. The summed E-state index contributed by atoms with van der Waals surface area (Å²) in [5.41, 5.74) is 1.01. The van der Waals surface area contributed by atoms with Crippen LogP contribution in [0.25, 0.3) is 0 Å². The highest BCUT2D eigenvalue weighted by Gasteiger charge is 2.31. The van der Waals surface area contributed by atoms with E-state index in [4.69, 9.17) is 9.15 Å². The van der Waals surface area contributed by atoms with Crippen LogP contribution in [0.15, 0.2) is 10.7 Å². The summed E-state index contributed by atoms with van der Waals surface area (Å²) in [5, 5.41) is 0. The molecule has 19 heavy (non-hydrogen) atoms. The topological polar surface area (TPSA) is 38.5 Å². The molecule has 0 bridgehead atoms. The Morgan fingerprint density at radius 1 is 1.47 bits per heavy atom. The maximum Gasteiger partial charge on any atom is 0.196 e. The molecule has 4 nitrogen and oxygen atoms in total. The molecule has 0 saturated carbocycles. The average molecular weight is 266 g/mol. The molecule has 1 atom stereocenters. The molecule has 1 aliphatic rings. The third kappa shape index (κ3) is 3.80. The third-order valence-electron chi connectivity index (χ3n) is 3.77. The van der Waals surface area contributed by atoms with Crippen LogP contribution in [0, 0.1) is 0 Å². The molecule has 1 aromatic rings. The minimum absolute atomic E-state index is 0.00983. The molecule has 0 radical (unpaired) electrons. The Morgan fingerprint density at radius 3 is 2.79 bits per heavy atom. The summed E-state index contributed by atoms with van der Waals surface area (Å²) in [7, 11) is 2.16. The van der Waals surface area contributed by atoms with E-state index in [9.17, 15) is 0 Å². The van der Waals surface area contributed by atoms with Gasteiger partial charge in [-0.15, -0.1) is 0 Å². The fourth-order valence-electron chi connectivity index (χ4n) is 2.62. The van der Waals surface area contributed by atoms with Crippen molar-refractivity contribution in [2.24, 2.45) is 0 Å². The van der Waals surface area contributed by atoms with Gasteiger partial charge in [0.1, 0.15) is 6.26 Å². The van der Waals surface area contributed by atoms with Crippen LogP contribution in [0.5, 0.6) is 0 Å². The number of aromatic nitrogens is 1. The molecule has 2 rings (SSSR count). The van der Waals surface area contributed by atoms with Crippen molar-refractivity contribution < 1.29 is 9.15 Å². The van der Waals surface area contributed by atoms with Gasteiger partial charge >= 0.3 is 0 Å². The molecule has 0 N–H and O–H groups in total. The van der Waals surface area contributed by atoms with E-state index in [-0.39, 0.29) is 5.60 Å². The van der Waals surface area contributed by atoms with Crippen molar-refractivity contribution in [1.29, 1.82) is 0 Å². The van der Waals surface area contributed by atoms with Gasteiger partial charge in [0.15, 0.2) is 5.89 Å². The summed E-state index contributed by atoms with van der Waals surface area (Å²) in [6.45, 7) is 10.2. The number of rotatable bonds is 4. The summed E-state index contributed by atoms with van der Waals surface area (Å²) >= 11 is 0. The molecule has 0 aliphatic carbocycles. The number of nitrogens with zero attached hydrogens (tertiary/aromatic N) is 2. The molecule has 1 saturated heterocycles. The predicted molar refractivity (Wildman–Crippen MR) is 75.1 cm³/mol. The first-order chi connectivity index (χ1) is 8.87. The standard InChI is InChI=1S/C15H26N2O2/c1-11(2)14-16-12(10-18-14)9-17(5)13-6-7-19-15(3,4)8-13/h10-11,13H,6-9H2,1-5H3/t13-/m0/s1. The SMILES string of the molecule is CC(C)c1nc(CN(C)[C@H]2CCOC(C)(C)C2)co1. The van der Waals surface area contributed by atoms with E-state index >= 15 is 0 Å². The largest absolute Gasteiger partial charge is 0.448 e. The molecule has 0 spiro atoms. The van der Waals surface area contributed by atoms with Gasteiger partial charge in [-0.3, -0.25) is 4.90 Å². The summed E-state index contributed by atoms with van der Waals surface area (Å²) in [6, 6.07) is 0.558. The second kappa shape index (κ2) is 5.63. The molecular weight excluding hydrogens is 240 g/mol. The van der Waals surface area contributed by atoms with Gasteiger partial charge < -0.3 is 9.15 Å². The molecule has 0 aromatic carbocycles. The number of hydrogen-bond acceptors (Lipinski definition) is 4. The summed E-state index contributed by atoms with van der Waals surface area (Å²) in [4.78, 5) is 6.91. The average Bonchev–Trinajstić information content (AvgIpc) is 2.76. The second-order valence-corrected chi connectivity index (χ2v) is 6.50. The van der Waals surface area contributed by atoms with Crippen LogP contribution < -0.4 is 0 Å². The van der Waals surface area contributed by atoms with Gasteiger partial charge in [-0.25, -0.2) is 4.98 Å². The van der Waals surface area contributed by atoms with Gasteiger partial charge in [0.2, 0.25) is 0 Å². The van der Waals surface area contributed by atoms with Crippen LogP contribution in [-0.2, 0) is 11.3 Å². The highest BCUT2D eigenvalue weighted by molar-refractivity contribution is 5.00. The summed E-state index contributed by atoms with van der Waals surface area (Å²) in [6.07, 6.45) is 3.95. The van der Waals surface area contributed by atoms with Crippen molar-refractivity contribution >= 4 is 0 Å². The smallest absolute Gasteiger partial charge is 0.196 e. The summed E-state index contributed by atoms with van der Waals surface area (Å²) < 4.78 is 11.3. The Kier molecular flexibility index (Phi) is 4.31. The number of hydrogen-bond donors (Lipinski definition) is 0. The van der Waals surface area contributed by atoms with Crippen molar-refractivity contribution in [2.75, 3.05) is 13.7 Å². The highest BCUT2D eigenvalue weighted by atomic mass is 16.5. The molecule has 1 fully saturated rings. The normalized spacial score (nSPS) is 23.2. The summed E-state index contributed by atoms with van der Waals surface area (Å²) in [5.74, 6) is 1.18. The molecule has 1 aromatic heterocycles. The quantitative estimate of drug-likeness (QED) is 0.839. The fraction of sp³-hybridized carbons (Fsp3) is 0.800. The van der Waals surface area contributed by atoms with Crippen LogP contribution >= 0.6 is 0 Å². The third-order valence-corrected chi connectivity index (χ3v) is 3.77. The fourth-order valence-corrected chi connectivity index (χ4v) is 2.62. The van der Waals surface area contributed by atoms with Crippen LogP contribution in [0.3, 0.4) is 0 Å². The molecule has 0 amide bonds. The molecule has 4 heteroatoms. The minimum Gasteiger partial charge on any atom is -0.448 e. The van der Waals surface area contributed by atoms with Crippen LogP contribution in [0.1, 0.15) is 58.0 Å². The maximum absolute atomic E-state index is 5.77. The van der Waals surface area contributed by atoms with E-state index in [0.29, 0.717) is 12.0 Å².